The van der Waals surface area contributed by atoms with Gasteiger partial charge in [-0.05, 0) is 68.1 Å². The van der Waals surface area contributed by atoms with Crippen LogP contribution in [0, 0.1) is 13.8 Å². The minimum absolute atomic E-state index is 1.30. The van der Waals surface area contributed by atoms with Crippen LogP contribution in [-0.4, -0.2) is 0 Å². The Morgan fingerprint density at radius 2 is 1.12 bits per heavy atom. The lowest BCUT2D eigenvalue weighted by molar-refractivity contribution is 1.48. The van der Waals surface area contributed by atoms with E-state index in [2.05, 4.69) is 86.6 Å². The number of hydrogen-bond donors (Lipinski definition) is 0. The Hall–Kier alpha value is -2.86. The summed E-state index contributed by atoms with van der Waals surface area (Å²) in [5, 5.41) is 10.8. The van der Waals surface area contributed by atoms with Gasteiger partial charge >= 0.3 is 0 Å². The molecule has 0 atom stereocenters. The molecule has 0 fully saturated rings. The highest BCUT2D eigenvalue weighted by atomic mass is 14.1. The molecule has 24 heavy (non-hydrogen) atoms. The number of hydrogen-bond acceptors (Lipinski definition) is 0. The number of fused-ring (bicyclic) bond motifs is 7. The molecule has 0 heterocycles. The SMILES string of the molecule is Cc1cccc2c1c(C)cc1ccc3ccc4ccccc4c3c12. The Labute approximate surface area is 141 Å². The van der Waals surface area contributed by atoms with Gasteiger partial charge in [-0.1, -0.05) is 72.8 Å². The Morgan fingerprint density at radius 3 is 2.00 bits per heavy atom. The van der Waals surface area contributed by atoms with Crippen molar-refractivity contribution in [2.75, 3.05) is 0 Å². The van der Waals surface area contributed by atoms with Crippen LogP contribution in [0.2, 0.25) is 0 Å². The zero-order chi connectivity index (χ0) is 16.3. The average Bonchev–Trinajstić information content (AvgIpc) is 2.61. The largest absolute Gasteiger partial charge is 0.0616 e. The molecule has 0 amide bonds. The van der Waals surface area contributed by atoms with Gasteiger partial charge in [-0.25, -0.2) is 0 Å². The van der Waals surface area contributed by atoms with Gasteiger partial charge in [0, 0.05) is 0 Å². The van der Waals surface area contributed by atoms with Gasteiger partial charge < -0.3 is 0 Å². The van der Waals surface area contributed by atoms with E-state index >= 15 is 0 Å². The smallest absolute Gasteiger partial charge is 0.00203 e. The lowest BCUT2D eigenvalue weighted by Gasteiger charge is -2.14. The molecule has 0 saturated heterocycles. The van der Waals surface area contributed by atoms with Crippen LogP contribution in [0.1, 0.15) is 11.1 Å². The summed E-state index contributed by atoms with van der Waals surface area (Å²) >= 11 is 0. The van der Waals surface area contributed by atoms with Crippen molar-refractivity contribution in [1.29, 1.82) is 0 Å². The minimum atomic E-state index is 1.30. The summed E-state index contributed by atoms with van der Waals surface area (Å²) in [5.74, 6) is 0. The second-order valence-electron chi connectivity index (χ2n) is 6.74. The summed E-state index contributed by atoms with van der Waals surface area (Å²) in [5.41, 5.74) is 2.71. The van der Waals surface area contributed by atoms with E-state index in [1.54, 1.807) is 0 Å². The third kappa shape index (κ3) is 1.74. The Bertz CT molecular complexity index is 1260. The van der Waals surface area contributed by atoms with Crippen molar-refractivity contribution in [2.45, 2.75) is 13.8 Å². The molecule has 0 saturated carbocycles. The molecule has 0 bridgehead atoms. The fourth-order valence-electron chi connectivity index (χ4n) is 4.23. The van der Waals surface area contributed by atoms with E-state index in [1.807, 2.05) is 0 Å². The highest BCUT2D eigenvalue weighted by Crippen LogP contribution is 2.38. The fourth-order valence-corrected chi connectivity index (χ4v) is 4.23. The maximum Gasteiger partial charge on any atom is -0.00203 e. The molecule has 0 heteroatoms. The summed E-state index contributed by atoms with van der Waals surface area (Å²) in [6.45, 7) is 4.44. The standard InChI is InChI=1S/C24H18/c1-15-6-5-9-21-22(15)16(2)14-19-13-12-18-11-10-17-7-3-4-8-20(17)23(18)24(19)21/h3-14H,1-2H3. The lowest BCUT2D eigenvalue weighted by atomic mass is 9.90. The quantitative estimate of drug-likeness (QED) is 0.272. The monoisotopic (exact) mass is 306 g/mol. The van der Waals surface area contributed by atoms with E-state index in [0.717, 1.165) is 0 Å². The second-order valence-corrected chi connectivity index (χ2v) is 6.74. The molecule has 0 nitrogen and oxygen atoms in total. The molecule has 0 aromatic heterocycles. The van der Waals surface area contributed by atoms with Crippen molar-refractivity contribution < 1.29 is 0 Å². The fraction of sp³-hybridized carbons (Fsp3) is 0.0833. The second kappa shape index (κ2) is 4.82. The molecule has 5 aromatic carbocycles. The predicted octanol–water partition coefficient (Wildman–Crippen LogP) is 6.92. The Morgan fingerprint density at radius 1 is 0.458 bits per heavy atom. The van der Waals surface area contributed by atoms with Crippen LogP contribution in [0.25, 0.3) is 43.1 Å². The van der Waals surface area contributed by atoms with E-state index in [1.165, 1.54) is 54.2 Å². The van der Waals surface area contributed by atoms with Crippen LogP contribution in [0.5, 0.6) is 0 Å². The van der Waals surface area contributed by atoms with E-state index in [4.69, 9.17) is 0 Å². The van der Waals surface area contributed by atoms with Crippen molar-refractivity contribution in [2.24, 2.45) is 0 Å². The van der Waals surface area contributed by atoms with Gasteiger partial charge in [0.25, 0.3) is 0 Å². The number of benzene rings is 5. The van der Waals surface area contributed by atoms with Gasteiger partial charge in [0.15, 0.2) is 0 Å². The Kier molecular flexibility index (Phi) is 2.72. The van der Waals surface area contributed by atoms with Gasteiger partial charge in [0.05, 0.1) is 0 Å². The third-order valence-corrected chi connectivity index (χ3v) is 5.25. The molecule has 5 aromatic rings. The molecule has 0 aliphatic heterocycles. The van der Waals surface area contributed by atoms with Crippen molar-refractivity contribution in [3.05, 3.63) is 83.9 Å². The third-order valence-electron chi connectivity index (χ3n) is 5.25. The van der Waals surface area contributed by atoms with Crippen LogP contribution < -0.4 is 0 Å². The molecule has 0 N–H and O–H groups in total. The summed E-state index contributed by atoms with van der Waals surface area (Å²) < 4.78 is 0. The molecular weight excluding hydrogens is 288 g/mol. The van der Waals surface area contributed by atoms with Gasteiger partial charge in [-0.2, -0.15) is 0 Å². The molecule has 114 valence electrons. The van der Waals surface area contributed by atoms with E-state index in [9.17, 15) is 0 Å². The molecular formula is C24H18. The van der Waals surface area contributed by atoms with Gasteiger partial charge in [0.1, 0.15) is 0 Å². The first-order chi connectivity index (χ1) is 11.7. The molecule has 0 spiro atoms. The molecule has 0 aliphatic rings. The van der Waals surface area contributed by atoms with Crippen LogP contribution in [0.15, 0.2) is 72.8 Å². The molecule has 0 unspecified atom stereocenters. The highest BCUT2D eigenvalue weighted by Gasteiger charge is 2.11. The van der Waals surface area contributed by atoms with Gasteiger partial charge in [-0.3, -0.25) is 0 Å². The first-order valence-electron chi connectivity index (χ1n) is 8.47. The zero-order valence-electron chi connectivity index (χ0n) is 13.9. The van der Waals surface area contributed by atoms with Gasteiger partial charge in [-0.15, -0.1) is 0 Å². The summed E-state index contributed by atoms with van der Waals surface area (Å²) in [6.07, 6.45) is 0. The highest BCUT2D eigenvalue weighted by molar-refractivity contribution is 6.28. The normalized spacial score (nSPS) is 11.8. The van der Waals surface area contributed by atoms with Crippen LogP contribution in [0.4, 0.5) is 0 Å². The van der Waals surface area contributed by atoms with E-state index in [-0.39, 0.29) is 0 Å². The number of aryl methyl sites for hydroxylation is 2. The maximum atomic E-state index is 2.34. The summed E-state index contributed by atoms with van der Waals surface area (Å²) in [4.78, 5) is 0. The number of rotatable bonds is 0. The molecule has 0 aliphatic carbocycles. The topological polar surface area (TPSA) is 0 Å². The first kappa shape index (κ1) is 13.6. The minimum Gasteiger partial charge on any atom is -0.0616 e. The molecule has 0 radical (unpaired) electrons. The van der Waals surface area contributed by atoms with Crippen molar-refractivity contribution in [3.8, 4) is 0 Å². The molecule has 5 rings (SSSR count). The lowest BCUT2D eigenvalue weighted by Crippen LogP contribution is -1.88. The summed E-state index contributed by atoms with van der Waals surface area (Å²) in [7, 11) is 0. The Balaban J connectivity index is 2.19. The van der Waals surface area contributed by atoms with Crippen molar-refractivity contribution in [1.82, 2.24) is 0 Å². The summed E-state index contributed by atoms with van der Waals surface area (Å²) in [6, 6.07) is 26.7. The van der Waals surface area contributed by atoms with Crippen LogP contribution in [-0.2, 0) is 0 Å². The van der Waals surface area contributed by atoms with Crippen molar-refractivity contribution >= 4 is 43.1 Å². The maximum absolute atomic E-state index is 2.34. The predicted molar refractivity (Wildman–Crippen MR) is 106 cm³/mol. The zero-order valence-corrected chi connectivity index (χ0v) is 13.9. The van der Waals surface area contributed by atoms with Gasteiger partial charge in [0.2, 0.25) is 0 Å². The van der Waals surface area contributed by atoms with E-state index < -0.39 is 0 Å². The first-order valence-corrected chi connectivity index (χ1v) is 8.47. The average molecular weight is 306 g/mol. The van der Waals surface area contributed by atoms with E-state index in [0.29, 0.717) is 0 Å². The van der Waals surface area contributed by atoms with Crippen LogP contribution >= 0.6 is 0 Å². The van der Waals surface area contributed by atoms with Crippen LogP contribution in [0.3, 0.4) is 0 Å². The van der Waals surface area contributed by atoms with Crippen molar-refractivity contribution in [3.63, 3.8) is 0 Å².